The first-order valence-corrected chi connectivity index (χ1v) is 5.51. The van der Waals surface area contributed by atoms with Gasteiger partial charge in [0.15, 0.2) is 10.4 Å². The Hall–Kier alpha value is -1.88. The van der Waals surface area contributed by atoms with E-state index in [9.17, 15) is 9.59 Å². The van der Waals surface area contributed by atoms with Crippen molar-refractivity contribution in [3.05, 3.63) is 58.0 Å². The lowest BCUT2D eigenvalue weighted by Crippen LogP contribution is -2.08. The maximum Gasteiger partial charge on any atom is 0.336 e. The van der Waals surface area contributed by atoms with Crippen molar-refractivity contribution in [2.75, 3.05) is 0 Å². The number of aromatic carboxylic acids is 1. The van der Waals surface area contributed by atoms with Gasteiger partial charge >= 0.3 is 5.97 Å². The highest BCUT2D eigenvalue weighted by Crippen LogP contribution is 2.19. The van der Waals surface area contributed by atoms with E-state index in [1.54, 1.807) is 18.2 Å². The molecule has 0 unspecified atom stereocenters. The van der Waals surface area contributed by atoms with Crippen molar-refractivity contribution in [2.45, 2.75) is 0 Å². The predicted octanol–water partition coefficient (Wildman–Crippen LogP) is 2.97. The molecule has 1 aromatic heterocycles. The van der Waals surface area contributed by atoms with Crippen LogP contribution in [0.2, 0.25) is 0 Å². The molecule has 17 heavy (non-hydrogen) atoms. The third kappa shape index (κ3) is 2.29. The summed E-state index contributed by atoms with van der Waals surface area (Å²) in [5.41, 5.74) is 0.0758. The average Bonchev–Trinajstić information content (AvgIpc) is 2.75. The predicted molar refractivity (Wildman–Crippen MR) is 63.2 cm³/mol. The van der Waals surface area contributed by atoms with Gasteiger partial charge in [-0.05, 0) is 34.1 Å². The number of carbonyl (C=O) groups is 2. The third-order valence-corrected chi connectivity index (χ3v) is 2.63. The van der Waals surface area contributed by atoms with Gasteiger partial charge in [-0.25, -0.2) is 4.79 Å². The van der Waals surface area contributed by atoms with E-state index in [-0.39, 0.29) is 16.9 Å². The van der Waals surface area contributed by atoms with Gasteiger partial charge in [-0.3, -0.25) is 4.79 Å². The minimum Gasteiger partial charge on any atom is -0.478 e. The number of hydrogen-bond acceptors (Lipinski definition) is 3. The molecule has 0 aliphatic rings. The highest BCUT2D eigenvalue weighted by atomic mass is 79.9. The summed E-state index contributed by atoms with van der Waals surface area (Å²) in [4.78, 5) is 23.0. The molecule has 2 aromatic rings. The molecule has 1 aromatic carbocycles. The fourth-order valence-electron chi connectivity index (χ4n) is 1.44. The number of halogens is 1. The molecule has 0 aliphatic heterocycles. The van der Waals surface area contributed by atoms with Crippen molar-refractivity contribution in [3.63, 3.8) is 0 Å². The van der Waals surface area contributed by atoms with Crippen LogP contribution >= 0.6 is 15.9 Å². The maximum absolute atomic E-state index is 12.0. The summed E-state index contributed by atoms with van der Waals surface area (Å²) in [6.07, 6.45) is 0. The molecule has 0 atom stereocenters. The topological polar surface area (TPSA) is 67.5 Å². The highest BCUT2D eigenvalue weighted by Gasteiger charge is 2.19. The van der Waals surface area contributed by atoms with Crippen LogP contribution in [-0.2, 0) is 0 Å². The van der Waals surface area contributed by atoms with Crippen molar-refractivity contribution in [1.29, 1.82) is 0 Å². The summed E-state index contributed by atoms with van der Waals surface area (Å²) in [5, 5.41) is 8.97. The van der Waals surface area contributed by atoms with E-state index in [2.05, 4.69) is 15.9 Å². The van der Waals surface area contributed by atoms with E-state index in [4.69, 9.17) is 9.52 Å². The molecule has 0 radical (unpaired) electrons. The number of ketones is 1. The van der Waals surface area contributed by atoms with E-state index in [1.165, 1.54) is 18.2 Å². The Morgan fingerprint density at radius 2 is 1.71 bits per heavy atom. The Labute approximate surface area is 105 Å². The lowest BCUT2D eigenvalue weighted by Gasteiger charge is -2.02. The lowest BCUT2D eigenvalue weighted by molar-refractivity contribution is 0.0692. The first-order chi connectivity index (χ1) is 8.09. The highest BCUT2D eigenvalue weighted by molar-refractivity contribution is 9.10. The van der Waals surface area contributed by atoms with Gasteiger partial charge < -0.3 is 9.52 Å². The smallest absolute Gasteiger partial charge is 0.336 e. The number of carbonyl (C=O) groups excluding carboxylic acids is 1. The minimum atomic E-state index is -1.14. The Balaban J connectivity index is 2.47. The second-order valence-corrected chi connectivity index (χ2v) is 4.07. The molecule has 0 aliphatic carbocycles. The van der Waals surface area contributed by atoms with Crippen LogP contribution in [0.1, 0.15) is 26.5 Å². The van der Waals surface area contributed by atoms with Gasteiger partial charge in [-0.15, -0.1) is 0 Å². The van der Waals surface area contributed by atoms with Crippen LogP contribution in [0.4, 0.5) is 0 Å². The Morgan fingerprint density at radius 3 is 2.24 bits per heavy atom. The quantitative estimate of drug-likeness (QED) is 0.884. The van der Waals surface area contributed by atoms with Gasteiger partial charge in [-0.1, -0.05) is 18.2 Å². The molecule has 0 spiro atoms. The van der Waals surface area contributed by atoms with Gasteiger partial charge in [0, 0.05) is 5.56 Å². The number of furan rings is 1. The van der Waals surface area contributed by atoms with Crippen LogP contribution in [-0.4, -0.2) is 16.9 Å². The summed E-state index contributed by atoms with van der Waals surface area (Å²) in [7, 11) is 0. The van der Waals surface area contributed by atoms with E-state index in [0.717, 1.165) is 0 Å². The van der Waals surface area contributed by atoms with E-state index in [1.807, 2.05) is 0 Å². The molecule has 1 heterocycles. The SMILES string of the molecule is O=C(O)c1ccccc1C(=O)c1ccc(Br)o1. The van der Waals surface area contributed by atoms with Crippen LogP contribution in [0.25, 0.3) is 0 Å². The van der Waals surface area contributed by atoms with Gasteiger partial charge in [-0.2, -0.15) is 0 Å². The molecule has 0 saturated carbocycles. The van der Waals surface area contributed by atoms with Crippen LogP contribution in [0, 0.1) is 0 Å². The number of hydrogen-bond donors (Lipinski definition) is 1. The summed E-state index contributed by atoms with van der Waals surface area (Å²) in [6, 6.07) is 9.09. The first-order valence-electron chi connectivity index (χ1n) is 4.72. The second kappa shape index (κ2) is 4.55. The standard InChI is InChI=1S/C12H7BrO4/c13-10-6-5-9(17-10)11(14)7-3-1-2-4-8(7)12(15)16/h1-6H,(H,15,16). The minimum absolute atomic E-state index is 0.0370. The summed E-state index contributed by atoms with van der Waals surface area (Å²) < 4.78 is 5.53. The first kappa shape index (κ1) is 11.6. The molecule has 0 fully saturated rings. The van der Waals surface area contributed by atoms with Crippen molar-refractivity contribution in [1.82, 2.24) is 0 Å². The fourth-order valence-corrected chi connectivity index (χ4v) is 1.74. The summed E-state index contributed by atoms with van der Waals surface area (Å²) >= 11 is 3.09. The van der Waals surface area contributed by atoms with Gasteiger partial charge in [0.25, 0.3) is 0 Å². The number of carboxylic acids is 1. The summed E-state index contributed by atoms with van der Waals surface area (Å²) in [5.74, 6) is -1.49. The zero-order chi connectivity index (χ0) is 12.4. The van der Waals surface area contributed by atoms with Gasteiger partial charge in [0.05, 0.1) is 5.56 Å². The Kier molecular flexibility index (Phi) is 3.10. The Morgan fingerprint density at radius 1 is 1.06 bits per heavy atom. The molecule has 2 rings (SSSR count). The fraction of sp³-hybridized carbons (Fsp3) is 0. The summed E-state index contributed by atoms with van der Waals surface area (Å²) in [6.45, 7) is 0. The monoisotopic (exact) mass is 294 g/mol. The van der Waals surface area contributed by atoms with Gasteiger partial charge in [0.1, 0.15) is 0 Å². The van der Waals surface area contributed by atoms with Crippen molar-refractivity contribution in [3.8, 4) is 0 Å². The third-order valence-electron chi connectivity index (χ3n) is 2.20. The molecule has 5 heteroatoms. The molecule has 0 bridgehead atoms. The number of rotatable bonds is 3. The van der Waals surface area contributed by atoms with Gasteiger partial charge in [0.2, 0.25) is 5.78 Å². The zero-order valence-corrected chi connectivity index (χ0v) is 10.1. The maximum atomic E-state index is 12.0. The molecule has 86 valence electrons. The van der Waals surface area contributed by atoms with Crippen molar-refractivity contribution < 1.29 is 19.1 Å². The molecular formula is C12H7BrO4. The average molecular weight is 295 g/mol. The molecule has 0 amide bonds. The second-order valence-electron chi connectivity index (χ2n) is 3.28. The number of benzene rings is 1. The number of carboxylic acid groups (broad SMARTS) is 1. The lowest BCUT2D eigenvalue weighted by atomic mass is 10.0. The van der Waals surface area contributed by atoms with Crippen molar-refractivity contribution >= 4 is 27.7 Å². The van der Waals surface area contributed by atoms with E-state index < -0.39 is 11.8 Å². The largest absolute Gasteiger partial charge is 0.478 e. The molecule has 0 saturated heterocycles. The Bertz CT molecular complexity index is 586. The van der Waals surface area contributed by atoms with Crippen LogP contribution < -0.4 is 0 Å². The van der Waals surface area contributed by atoms with Crippen LogP contribution in [0.5, 0.6) is 0 Å². The zero-order valence-electron chi connectivity index (χ0n) is 8.51. The van der Waals surface area contributed by atoms with E-state index >= 15 is 0 Å². The molecule has 1 N–H and O–H groups in total. The van der Waals surface area contributed by atoms with Crippen molar-refractivity contribution in [2.24, 2.45) is 0 Å². The normalized spacial score (nSPS) is 10.2. The van der Waals surface area contributed by atoms with E-state index in [0.29, 0.717) is 4.67 Å². The van der Waals surface area contributed by atoms with Crippen LogP contribution in [0.3, 0.4) is 0 Å². The van der Waals surface area contributed by atoms with Crippen LogP contribution in [0.15, 0.2) is 45.5 Å². The molecule has 4 nitrogen and oxygen atoms in total. The molecular weight excluding hydrogens is 288 g/mol.